The lowest BCUT2D eigenvalue weighted by molar-refractivity contribution is -0.123. The zero-order valence-corrected chi connectivity index (χ0v) is 15.1. The van der Waals surface area contributed by atoms with Crippen molar-refractivity contribution in [1.29, 1.82) is 0 Å². The van der Waals surface area contributed by atoms with Crippen LogP contribution in [-0.4, -0.2) is 27.9 Å². The van der Waals surface area contributed by atoms with Crippen LogP contribution in [-0.2, 0) is 9.53 Å². The second-order valence-electron chi connectivity index (χ2n) is 5.41. The Hall–Kier alpha value is -2.70. The number of rotatable bonds is 4. The molecule has 132 valence electrons. The highest BCUT2D eigenvalue weighted by Crippen LogP contribution is 2.22. The summed E-state index contributed by atoms with van der Waals surface area (Å²) in [6, 6.07) is 12.1. The van der Waals surface area contributed by atoms with Gasteiger partial charge in [-0.25, -0.2) is 14.8 Å². The maximum atomic E-state index is 12.2. The Labute approximate surface area is 159 Å². The van der Waals surface area contributed by atoms with E-state index in [4.69, 9.17) is 27.9 Å². The highest BCUT2D eigenvalue weighted by molar-refractivity contribution is 6.36. The second kappa shape index (κ2) is 7.68. The SMILES string of the molecule is C[C@@H](OC(=O)c1ccc2ccccc2n1)C(=O)Nc1ncc(Cl)cc1Cl. The number of hydrogen-bond donors (Lipinski definition) is 1. The summed E-state index contributed by atoms with van der Waals surface area (Å²) in [7, 11) is 0. The van der Waals surface area contributed by atoms with Crippen molar-refractivity contribution < 1.29 is 14.3 Å². The number of carbonyl (C=O) groups is 2. The fraction of sp³-hybridized carbons (Fsp3) is 0.111. The van der Waals surface area contributed by atoms with Gasteiger partial charge in [-0.3, -0.25) is 4.79 Å². The Morgan fingerprint density at radius 3 is 2.69 bits per heavy atom. The molecule has 1 amide bonds. The first-order chi connectivity index (χ1) is 12.4. The molecule has 6 nitrogen and oxygen atoms in total. The first-order valence-electron chi connectivity index (χ1n) is 7.63. The average Bonchev–Trinajstić information content (AvgIpc) is 2.63. The quantitative estimate of drug-likeness (QED) is 0.678. The Kier molecular flexibility index (Phi) is 5.35. The first kappa shape index (κ1) is 18.1. The second-order valence-corrected chi connectivity index (χ2v) is 6.25. The number of esters is 1. The van der Waals surface area contributed by atoms with Gasteiger partial charge in [0.25, 0.3) is 5.91 Å². The van der Waals surface area contributed by atoms with Crippen LogP contribution in [0.15, 0.2) is 48.7 Å². The predicted octanol–water partition coefficient (Wildman–Crippen LogP) is 4.12. The van der Waals surface area contributed by atoms with Crippen LogP contribution in [0.2, 0.25) is 10.0 Å². The average molecular weight is 390 g/mol. The molecular formula is C18H13Cl2N3O3. The van der Waals surface area contributed by atoms with Crippen LogP contribution in [0.3, 0.4) is 0 Å². The predicted molar refractivity (Wildman–Crippen MR) is 99.5 cm³/mol. The molecule has 0 radical (unpaired) electrons. The van der Waals surface area contributed by atoms with Crippen LogP contribution in [0.25, 0.3) is 10.9 Å². The number of anilines is 1. The summed E-state index contributed by atoms with van der Waals surface area (Å²) in [5.41, 5.74) is 0.780. The van der Waals surface area contributed by atoms with E-state index in [9.17, 15) is 9.59 Å². The molecule has 1 atom stereocenters. The molecule has 0 bridgehead atoms. The summed E-state index contributed by atoms with van der Waals surface area (Å²) in [6.45, 7) is 1.44. The Bertz CT molecular complexity index is 994. The van der Waals surface area contributed by atoms with E-state index in [-0.39, 0.29) is 16.5 Å². The third-order valence-corrected chi connectivity index (χ3v) is 4.00. The van der Waals surface area contributed by atoms with Crippen molar-refractivity contribution in [1.82, 2.24) is 9.97 Å². The fourth-order valence-corrected chi connectivity index (χ4v) is 2.61. The number of fused-ring (bicyclic) bond motifs is 1. The molecule has 2 aromatic heterocycles. The molecule has 26 heavy (non-hydrogen) atoms. The maximum Gasteiger partial charge on any atom is 0.357 e. The largest absolute Gasteiger partial charge is 0.448 e. The van der Waals surface area contributed by atoms with Crippen LogP contribution in [0.1, 0.15) is 17.4 Å². The number of para-hydroxylation sites is 1. The van der Waals surface area contributed by atoms with Crippen molar-refractivity contribution in [3.8, 4) is 0 Å². The van der Waals surface area contributed by atoms with Crippen LogP contribution in [0.5, 0.6) is 0 Å². The smallest absolute Gasteiger partial charge is 0.357 e. The molecule has 0 fully saturated rings. The lowest BCUT2D eigenvalue weighted by Gasteiger charge is -2.13. The number of benzene rings is 1. The number of pyridine rings is 2. The summed E-state index contributed by atoms with van der Waals surface area (Å²) < 4.78 is 5.17. The van der Waals surface area contributed by atoms with Crippen LogP contribution in [0, 0.1) is 0 Å². The molecule has 0 unspecified atom stereocenters. The molecule has 0 aliphatic heterocycles. The van der Waals surface area contributed by atoms with Crippen molar-refractivity contribution >= 4 is 51.8 Å². The van der Waals surface area contributed by atoms with Crippen molar-refractivity contribution in [3.63, 3.8) is 0 Å². The first-order valence-corrected chi connectivity index (χ1v) is 8.38. The molecule has 3 aromatic rings. The van der Waals surface area contributed by atoms with Gasteiger partial charge < -0.3 is 10.1 Å². The van der Waals surface area contributed by atoms with Gasteiger partial charge in [-0.2, -0.15) is 0 Å². The molecule has 0 aliphatic rings. The summed E-state index contributed by atoms with van der Waals surface area (Å²) in [5, 5.41) is 3.91. The lowest BCUT2D eigenvalue weighted by atomic mass is 10.2. The zero-order chi connectivity index (χ0) is 18.7. The Morgan fingerprint density at radius 2 is 1.92 bits per heavy atom. The van der Waals surface area contributed by atoms with E-state index in [1.54, 1.807) is 18.2 Å². The molecule has 1 aromatic carbocycles. The maximum absolute atomic E-state index is 12.2. The number of amides is 1. The molecule has 0 saturated heterocycles. The van der Waals surface area contributed by atoms with Gasteiger partial charge in [0.15, 0.2) is 11.9 Å². The number of halogens is 2. The molecule has 0 spiro atoms. The summed E-state index contributed by atoms with van der Waals surface area (Å²) in [5.74, 6) is -1.14. The van der Waals surface area contributed by atoms with Crippen LogP contribution >= 0.6 is 23.2 Å². The number of hydrogen-bond acceptors (Lipinski definition) is 5. The van der Waals surface area contributed by atoms with Crippen molar-refractivity contribution in [2.24, 2.45) is 0 Å². The number of carbonyl (C=O) groups excluding carboxylic acids is 2. The molecule has 0 saturated carbocycles. The van der Waals surface area contributed by atoms with Gasteiger partial charge in [-0.1, -0.05) is 47.5 Å². The highest BCUT2D eigenvalue weighted by Gasteiger charge is 2.21. The number of nitrogens with one attached hydrogen (secondary N) is 1. The minimum Gasteiger partial charge on any atom is -0.448 e. The molecule has 0 aliphatic carbocycles. The number of nitrogens with zero attached hydrogens (tertiary/aromatic N) is 2. The summed E-state index contributed by atoms with van der Waals surface area (Å²) >= 11 is 11.7. The molecule has 8 heteroatoms. The van der Waals surface area contributed by atoms with Gasteiger partial charge in [0.1, 0.15) is 5.69 Å². The lowest BCUT2D eigenvalue weighted by Crippen LogP contribution is -2.30. The van der Waals surface area contributed by atoms with Gasteiger partial charge in [0, 0.05) is 11.6 Å². The van der Waals surface area contributed by atoms with Crippen molar-refractivity contribution in [2.45, 2.75) is 13.0 Å². The van der Waals surface area contributed by atoms with Crippen LogP contribution in [0.4, 0.5) is 5.82 Å². The van der Waals surface area contributed by atoms with Gasteiger partial charge in [-0.05, 0) is 25.1 Å². The third kappa shape index (κ3) is 4.09. The zero-order valence-electron chi connectivity index (χ0n) is 13.6. The Balaban J connectivity index is 1.68. The highest BCUT2D eigenvalue weighted by atomic mass is 35.5. The summed E-state index contributed by atoms with van der Waals surface area (Å²) in [6.07, 6.45) is 0.281. The topological polar surface area (TPSA) is 81.2 Å². The number of aromatic nitrogens is 2. The van der Waals surface area contributed by atoms with E-state index < -0.39 is 18.0 Å². The Morgan fingerprint density at radius 1 is 1.15 bits per heavy atom. The van der Waals surface area contributed by atoms with Crippen molar-refractivity contribution in [3.05, 3.63) is 64.4 Å². The van der Waals surface area contributed by atoms with E-state index in [2.05, 4.69) is 15.3 Å². The van der Waals surface area contributed by atoms with Crippen LogP contribution < -0.4 is 5.32 Å². The van der Waals surface area contributed by atoms with E-state index in [0.29, 0.717) is 10.5 Å². The van der Waals surface area contributed by atoms with E-state index in [0.717, 1.165) is 5.39 Å². The molecule has 3 rings (SSSR count). The van der Waals surface area contributed by atoms with E-state index in [1.807, 2.05) is 18.2 Å². The number of ether oxygens (including phenoxy) is 1. The van der Waals surface area contributed by atoms with Crippen molar-refractivity contribution in [2.75, 3.05) is 5.32 Å². The third-order valence-electron chi connectivity index (χ3n) is 3.51. The van der Waals surface area contributed by atoms with E-state index >= 15 is 0 Å². The standard InChI is InChI=1S/C18H13Cl2N3O3/c1-10(17(24)23-16-13(20)8-12(19)9-21-16)26-18(25)15-7-6-11-4-2-3-5-14(11)22-15/h2-10H,1H3,(H,21,23,24)/t10-/m1/s1. The van der Waals surface area contributed by atoms with E-state index in [1.165, 1.54) is 19.2 Å². The van der Waals surface area contributed by atoms with Gasteiger partial charge in [0.05, 0.1) is 15.6 Å². The minimum absolute atomic E-state index is 0.117. The summed E-state index contributed by atoms with van der Waals surface area (Å²) in [4.78, 5) is 32.6. The molecule has 1 N–H and O–H groups in total. The normalized spacial score (nSPS) is 11.8. The molecule has 2 heterocycles. The van der Waals surface area contributed by atoms with Gasteiger partial charge >= 0.3 is 5.97 Å². The monoisotopic (exact) mass is 389 g/mol. The minimum atomic E-state index is -1.07. The van der Waals surface area contributed by atoms with Gasteiger partial charge in [-0.15, -0.1) is 0 Å². The molecular weight excluding hydrogens is 377 g/mol. The fourth-order valence-electron chi connectivity index (χ4n) is 2.18. The van der Waals surface area contributed by atoms with Gasteiger partial charge in [0.2, 0.25) is 0 Å².